The van der Waals surface area contributed by atoms with Crippen molar-refractivity contribution in [2.24, 2.45) is 23.7 Å². The van der Waals surface area contributed by atoms with Gasteiger partial charge in [0.25, 0.3) is 0 Å². The summed E-state index contributed by atoms with van der Waals surface area (Å²) in [6, 6.07) is -0.726. The largest absolute Gasteiger partial charge is 0.462 e. The van der Waals surface area contributed by atoms with Crippen LogP contribution in [0.25, 0.3) is 0 Å². The number of carbonyl (C=O) groups excluding carboxylic acids is 2. The zero-order valence-corrected chi connectivity index (χ0v) is 32.7. The van der Waals surface area contributed by atoms with E-state index in [1.807, 2.05) is 13.0 Å². The standard InChI is InChI=1S/C38H65NO14/c1-10-28-25(18-49-38-36(48-9)34(47)32(45)23(6)51-38)15-19(2)11-12-26(41)20(3)16-24(13-14-40)35(21(4)27(42)17-29(43)52-28)53-37-33(46)30(39(7)8)31(44)22(5)50-37/h11-12,15,20-25,27-28,30-38,40,42,44-47H,10,13-14,16-18H2,1-9H3/b12-11+,19-15+/t20-,21+,22-,23-,24+,25-,27-,28-,30+,31-,32-,33-,34-,35-,36-,37+,38-/m1/s1. The summed E-state index contributed by atoms with van der Waals surface area (Å²) in [6.45, 7) is 10.1. The number of allylic oxidation sites excluding steroid dienone is 3. The molecule has 3 aliphatic heterocycles. The lowest BCUT2D eigenvalue weighted by Gasteiger charge is -2.46. The van der Waals surface area contributed by atoms with Crippen molar-refractivity contribution in [3.8, 4) is 0 Å². The first-order valence-corrected chi connectivity index (χ1v) is 18.8. The van der Waals surface area contributed by atoms with E-state index in [-0.39, 0.29) is 31.8 Å². The number of esters is 1. The van der Waals surface area contributed by atoms with Crippen LogP contribution in [0.1, 0.15) is 67.2 Å². The van der Waals surface area contributed by atoms with E-state index in [1.165, 1.54) is 13.2 Å². The molecule has 0 amide bonds. The third-order valence-electron chi connectivity index (χ3n) is 11.0. The Morgan fingerprint density at radius 2 is 1.53 bits per heavy atom. The Labute approximate surface area is 313 Å². The normalized spacial score (nSPS) is 44.3. The van der Waals surface area contributed by atoms with E-state index in [1.54, 1.807) is 59.7 Å². The van der Waals surface area contributed by atoms with Gasteiger partial charge in [0.2, 0.25) is 0 Å². The van der Waals surface area contributed by atoms with Gasteiger partial charge in [0, 0.05) is 31.5 Å². The van der Waals surface area contributed by atoms with Gasteiger partial charge in [0.15, 0.2) is 18.4 Å². The lowest BCUT2D eigenvalue weighted by molar-refractivity contribution is -0.304. The van der Waals surface area contributed by atoms with E-state index in [0.717, 1.165) is 0 Å². The molecule has 17 atom stereocenters. The fourth-order valence-corrected chi connectivity index (χ4v) is 7.60. The summed E-state index contributed by atoms with van der Waals surface area (Å²) < 4.78 is 35.7. The van der Waals surface area contributed by atoms with Crippen LogP contribution >= 0.6 is 0 Å². The number of likely N-dealkylation sites (N-methyl/N-ethyl adjacent to an activating group) is 1. The quantitative estimate of drug-likeness (QED) is 0.169. The van der Waals surface area contributed by atoms with E-state index in [4.69, 9.17) is 28.4 Å². The molecule has 2 fully saturated rings. The van der Waals surface area contributed by atoms with Crippen LogP contribution in [0.4, 0.5) is 0 Å². The highest BCUT2D eigenvalue weighted by atomic mass is 16.7. The molecule has 0 aliphatic carbocycles. The lowest BCUT2D eigenvalue weighted by Crippen LogP contribution is -2.63. The van der Waals surface area contributed by atoms with Gasteiger partial charge in [0.05, 0.1) is 49.6 Å². The van der Waals surface area contributed by atoms with Crippen molar-refractivity contribution in [2.75, 3.05) is 34.4 Å². The lowest BCUT2D eigenvalue weighted by atomic mass is 9.79. The van der Waals surface area contributed by atoms with Gasteiger partial charge in [-0.25, -0.2) is 0 Å². The molecule has 6 N–H and O–H groups in total. The number of methoxy groups -OCH3 is 1. The van der Waals surface area contributed by atoms with Gasteiger partial charge < -0.3 is 64.0 Å². The van der Waals surface area contributed by atoms with Crippen LogP contribution in [0.5, 0.6) is 0 Å². The van der Waals surface area contributed by atoms with Gasteiger partial charge in [-0.15, -0.1) is 0 Å². The van der Waals surface area contributed by atoms with Gasteiger partial charge in [-0.1, -0.05) is 38.5 Å². The van der Waals surface area contributed by atoms with Crippen LogP contribution in [0.15, 0.2) is 23.8 Å². The average Bonchev–Trinajstić information content (AvgIpc) is 3.10. The molecule has 0 radical (unpaired) electrons. The Hall–Kier alpha value is -1.86. The number of ether oxygens (including phenoxy) is 6. The maximum Gasteiger partial charge on any atom is 0.308 e. The van der Waals surface area contributed by atoms with E-state index in [0.29, 0.717) is 12.0 Å². The van der Waals surface area contributed by atoms with Gasteiger partial charge in [0.1, 0.15) is 30.5 Å². The Balaban J connectivity index is 1.95. The van der Waals surface area contributed by atoms with E-state index >= 15 is 0 Å². The highest BCUT2D eigenvalue weighted by Crippen LogP contribution is 2.35. The second-order valence-electron chi connectivity index (χ2n) is 15.3. The molecule has 3 heterocycles. The van der Waals surface area contributed by atoms with Crippen LogP contribution in [-0.2, 0) is 38.0 Å². The Morgan fingerprint density at radius 1 is 0.887 bits per heavy atom. The fraction of sp³-hybridized carbons (Fsp3) is 0.842. The molecule has 0 aromatic heterocycles. The van der Waals surface area contributed by atoms with Crippen molar-refractivity contribution in [1.82, 2.24) is 4.90 Å². The predicted molar refractivity (Wildman–Crippen MR) is 192 cm³/mol. The molecule has 2 saturated heterocycles. The van der Waals surface area contributed by atoms with Crippen molar-refractivity contribution in [2.45, 2.75) is 147 Å². The maximum atomic E-state index is 13.5. The molecular formula is C38H65NO14. The Morgan fingerprint density at radius 3 is 2.13 bits per heavy atom. The zero-order valence-electron chi connectivity index (χ0n) is 32.7. The van der Waals surface area contributed by atoms with Crippen molar-refractivity contribution in [1.29, 1.82) is 0 Å². The molecule has 53 heavy (non-hydrogen) atoms. The minimum atomic E-state index is -1.29. The first-order valence-electron chi connectivity index (χ1n) is 18.8. The van der Waals surface area contributed by atoms with Crippen molar-refractivity contribution in [3.63, 3.8) is 0 Å². The molecule has 0 aromatic rings. The Kier molecular flexibility index (Phi) is 17.9. The summed E-state index contributed by atoms with van der Waals surface area (Å²) in [5.41, 5.74) is 0.689. The minimum Gasteiger partial charge on any atom is -0.462 e. The number of aliphatic hydroxyl groups is 6. The Bertz CT molecular complexity index is 1220. The summed E-state index contributed by atoms with van der Waals surface area (Å²) >= 11 is 0. The van der Waals surface area contributed by atoms with Gasteiger partial charge in [-0.2, -0.15) is 0 Å². The van der Waals surface area contributed by atoms with Gasteiger partial charge >= 0.3 is 5.97 Å². The molecule has 306 valence electrons. The van der Waals surface area contributed by atoms with Gasteiger partial charge in [-0.3, -0.25) is 9.59 Å². The minimum absolute atomic E-state index is 0.0378. The molecule has 0 unspecified atom stereocenters. The number of hydrogen-bond donors (Lipinski definition) is 6. The SMILES string of the molecule is CC[C@H]1OC(=O)C[C@@H](O)[C@H](C)[C@@H](O[C@@H]2O[C@H](C)[C@@H](O)[C@H](N(C)C)[C@H]2O)[C@@H](CCO)C[C@@H](C)C(=O)/C=C/C(C)=C/[C@@H]1CO[C@@H]1O[C@H](C)[C@@H](O)[C@@H](O)[C@H]1OC. The molecule has 0 saturated carbocycles. The smallest absolute Gasteiger partial charge is 0.308 e. The van der Waals surface area contributed by atoms with E-state index in [9.17, 15) is 40.2 Å². The van der Waals surface area contributed by atoms with Gasteiger partial charge in [-0.05, 0) is 66.1 Å². The number of aliphatic hydroxyl groups excluding tert-OH is 6. The number of cyclic esters (lactones) is 1. The van der Waals surface area contributed by atoms with Crippen molar-refractivity contribution >= 4 is 11.8 Å². The average molecular weight is 760 g/mol. The molecule has 0 bridgehead atoms. The van der Waals surface area contributed by atoms with Crippen LogP contribution in [0, 0.1) is 23.7 Å². The highest BCUT2D eigenvalue weighted by Gasteiger charge is 2.48. The van der Waals surface area contributed by atoms with Crippen LogP contribution < -0.4 is 0 Å². The molecule has 15 heteroatoms. The van der Waals surface area contributed by atoms with E-state index < -0.39 is 116 Å². The maximum absolute atomic E-state index is 13.5. The second-order valence-corrected chi connectivity index (χ2v) is 15.3. The molecule has 0 aromatic carbocycles. The summed E-state index contributed by atoms with van der Waals surface area (Å²) in [4.78, 5) is 28.7. The number of ketones is 1. The molecule has 15 nitrogen and oxygen atoms in total. The first kappa shape index (κ1) is 45.5. The summed E-state index contributed by atoms with van der Waals surface area (Å²) in [6.07, 6.45) is -6.95. The molecule has 3 rings (SSSR count). The predicted octanol–water partition coefficient (Wildman–Crippen LogP) is 0.702. The van der Waals surface area contributed by atoms with Crippen molar-refractivity contribution in [3.05, 3.63) is 23.8 Å². The topological polar surface area (TPSA) is 214 Å². The van der Waals surface area contributed by atoms with Crippen LogP contribution in [0.3, 0.4) is 0 Å². The summed E-state index contributed by atoms with van der Waals surface area (Å²) in [5.74, 6) is -3.20. The third kappa shape index (κ3) is 11.8. The highest BCUT2D eigenvalue weighted by molar-refractivity contribution is 5.91. The van der Waals surface area contributed by atoms with Crippen molar-refractivity contribution < 1.29 is 68.6 Å². The monoisotopic (exact) mass is 759 g/mol. The summed E-state index contributed by atoms with van der Waals surface area (Å²) in [7, 11) is 4.81. The third-order valence-corrected chi connectivity index (χ3v) is 11.0. The second kappa shape index (κ2) is 20.9. The number of nitrogens with zero attached hydrogens (tertiary/aromatic N) is 1. The number of hydrogen-bond acceptors (Lipinski definition) is 15. The number of carbonyl (C=O) groups is 2. The van der Waals surface area contributed by atoms with Crippen LogP contribution in [-0.4, -0.2) is 161 Å². The number of rotatable bonds is 10. The fourth-order valence-electron chi connectivity index (χ4n) is 7.60. The van der Waals surface area contributed by atoms with E-state index in [2.05, 4.69) is 0 Å². The summed E-state index contributed by atoms with van der Waals surface area (Å²) in [5, 5.41) is 64.6. The zero-order chi connectivity index (χ0) is 39.7. The molecule has 0 spiro atoms. The molecular weight excluding hydrogens is 694 g/mol. The molecule has 3 aliphatic rings. The first-order chi connectivity index (χ1) is 24.9. The van der Waals surface area contributed by atoms with Crippen LogP contribution in [0.2, 0.25) is 0 Å².